The van der Waals surface area contributed by atoms with Gasteiger partial charge in [-0.05, 0) is 48.5 Å². The Kier molecular flexibility index (Phi) is 4.23. The van der Waals surface area contributed by atoms with Gasteiger partial charge in [0.2, 0.25) is 0 Å². The summed E-state index contributed by atoms with van der Waals surface area (Å²) in [6, 6.07) is 44.2. The molecule has 37 heavy (non-hydrogen) atoms. The Bertz CT molecular complexity index is 2100. The van der Waals surface area contributed by atoms with E-state index in [9.17, 15) is 0 Å². The third-order valence-electron chi connectivity index (χ3n) is 7.25. The molecule has 0 aliphatic heterocycles. The number of anilines is 3. The van der Waals surface area contributed by atoms with Crippen molar-refractivity contribution in [3.63, 3.8) is 0 Å². The van der Waals surface area contributed by atoms with Crippen LogP contribution in [0.5, 0.6) is 0 Å². The quantitative estimate of drug-likeness (QED) is 0.255. The summed E-state index contributed by atoms with van der Waals surface area (Å²) in [6.07, 6.45) is 0. The molecule has 0 fully saturated rings. The van der Waals surface area contributed by atoms with Crippen LogP contribution in [-0.2, 0) is 0 Å². The van der Waals surface area contributed by atoms with E-state index in [0.29, 0.717) is 0 Å². The second-order valence-electron chi connectivity index (χ2n) is 9.36. The first-order valence-corrected chi connectivity index (χ1v) is 12.4. The van der Waals surface area contributed by atoms with Crippen molar-refractivity contribution in [2.45, 2.75) is 0 Å². The first-order valence-electron chi connectivity index (χ1n) is 12.4. The van der Waals surface area contributed by atoms with Crippen LogP contribution in [0.2, 0.25) is 0 Å². The molecule has 8 aromatic rings. The average Bonchev–Trinajstić information content (AvgIpc) is 3.52. The Labute approximate surface area is 212 Å². The first-order chi connectivity index (χ1) is 18.3. The van der Waals surface area contributed by atoms with Gasteiger partial charge in [0.1, 0.15) is 22.3 Å². The number of nitrogens with zero attached hydrogens (tertiary/aromatic N) is 1. The molecule has 0 N–H and O–H groups in total. The van der Waals surface area contributed by atoms with E-state index in [1.807, 2.05) is 30.3 Å². The number of hydrogen-bond acceptors (Lipinski definition) is 3. The molecule has 6 aromatic carbocycles. The minimum absolute atomic E-state index is 0.875. The predicted octanol–water partition coefficient (Wildman–Crippen LogP) is 10.1. The van der Waals surface area contributed by atoms with Crippen molar-refractivity contribution in [1.82, 2.24) is 0 Å². The molecule has 0 bridgehead atoms. The SMILES string of the molecule is c1ccc(N(c2ccc3c(c2)oc2ccccc23)c2cccc3c2ccc2c4ccccc4oc32)cc1. The zero-order valence-corrected chi connectivity index (χ0v) is 19.9. The van der Waals surface area contributed by atoms with Gasteiger partial charge in [-0.2, -0.15) is 0 Å². The molecular formula is C34H21NO2. The van der Waals surface area contributed by atoms with Gasteiger partial charge in [0.05, 0.1) is 5.69 Å². The smallest absolute Gasteiger partial charge is 0.143 e. The first kappa shape index (κ1) is 20.2. The second-order valence-corrected chi connectivity index (χ2v) is 9.36. The van der Waals surface area contributed by atoms with Crippen LogP contribution in [0.3, 0.4) is 0 Å². The predicted molar refractivity (Wildman–Crippen MR) is 153 cm³/mol. The second kappa shape index (κ2) is 7.74. The number of rotatable bonds is 3. The van der Waals surface area contributed by atoms with Crippen LogP contribution in [-0.4, -0.2) is 0 Å². The van der Waals surface area contributed by atoms with Gasteiger partial charge in [-0.3, -0.25) is 0 Å². The van der Waals surface area contributed by atoms with E-state index in [0.717, 1.165) is 71.7 Å². The maximum atomic E-state index is 6.37. The number of hydrogen-bond donors (Lipinski definition) is 0. The molecule has 0 amide bonds. The molecule has 3 nitrogen and oxygen atoms in total. The molecule has 8 rings (SSSR count). The van der Waals surface area contributed by atoms with Crippen LogP contribution in [0.4, 0.5) is 17.1 Å². The Morgan fingerprint density at radius 3 is 1.81 bits per heavy atom. The number of fused-ring (bicyclic) bond motifs is 8. The lowest BCUT2D eigenvalue weighted by atomic mass is 10.0. The van der Waals surface area contributed by atoms with Crippen molar-refractivity contribution in [3.8, 4) is 0 Å². The highest BCUT2D eigenvalue weighted by Gasteiger charge is 2.19. The highest BCUT2D eigenvalue weighted by Crippen LogP contribution is 2.43. The summed E-state index contributed by atoms with van der Waals surface area (Å²) < 4.78 is 12.6. The Morgan fingerprint density at radius 2 is 0.973 bits per heavy atom. The molecule has 2 heterocycles. The fourth-order valence-electron chi connectivity index (χ4n) is 5.58. The summed E-state index contributed by atoms with van der Waals surface area (Å²) in [7, 11) is 0. The number of benzene rings is 6. The molecule has 3 heteroatoms. The zero-order valence-electron chi connectivity index (χ0n) is 19.9. The molecule has 0 saturated heterocycles. The molecule has 2 aromatic heterocycles. The molecule has 0 saturated carbocycles. The molecule has 0 aliphatic rings. The minimum atomic E-state index is 0.875. The molecular weight excluding hydrogens is 454 g/mol. The summed E-state index contributed by atoms with van der Waals surface area (Å²) in [5.74, 6) is 0. The van der Waals surface area contributed by atoms with Crippen LogP contribution in [0.25, 0.3) is 54.6 Å². The monoisotopic (exact) mass is 475 g/mol. The fraction of sp³-hybridized carbons (Fsp3) is 0. The molecule has 0 aliphatic carbocycles. The van der Waals surface area contributed by atoms with Crippen molar-refractivity contribution in [3.05, 3.63) is 127 Å². The van der Waals surface area contributed by atoms with E-state index in [-0.39, 0.29) is 0 Å². The van der Waals surface area contributed by atoms with Gasteiger partial charge in [-0.25, -0.2) is 0 Å². The van der Waals surface area contributed by atoms with E-state index in [1.54, 1.807) is 0 Å². The third-order valence-corrected chi connectivity index (χ3v) is 7.25. The van der Waals surface area contributed by atoms with E-state index >= 15 is 0 Å². The fourth-order valence-corrected chi connectivity index (χ4v) is 5.58. The summed E-state index contributed by atoms with van der Waals surface area (Å²) in [4.78, 5) is 2.30. The maximum Gasteiger partial charge on any atom is 0.143 e. The van der Waals surface area contributed by atoms with Gasteiger partial charge in [-0.1, -0.05) is 72.8 Å². The van der Waals surface area contributed by atoms with E-state index < -0.39 is 0 Å². The van der Waals surface area contributed by atoms with Crippen molar-refractivity contribution >= 4 is 71.7 Å². The molecule has 0 radical (unpaired) electrons. The molecule has 0 spiro atoms. The van der Waals surface area contributed by atoms with Gasteiger partial charge < -0.3 is 13.7 Å². The maximum absolute atomic E-state index is 6.37. The lowest BCUT2D eigenvalue weighted by Gasteiger charge is -2.26. The molecule has 174 valence electrons. The highest BCUT2D eigenvalue weighted by molar-refractivity contribution is 6.17. The number of para-hydroxylation sites is 3. The van der Waals surface area contributed by atoms with Crippen molar-refractivity contribution < 1.29 is 8.83 Å². The summed E-state index contributed by atoms with van der Waals surface area (Å²) in [5.41, 5.74) is 6.80. The Morgan fingerprint density at radius 1 is 0.378 bits per heavy atom. The van der Waals surface area contributed by atoms with Crippen LogP contribution in [0.15, 0.2) is 136 Å². The van der Waals surface area contributed by atoms with E-state index in [1.165, 1.54) is 0 Å². The van der Waals surface area contributed by atoms with E-state index in [4.69, 9.17) is 8.83 Å². The standard InChI is InChI=1S/C34H21NO2/c1-2-9-22(10-3-1)35(23-17-18-27-25-11-4-6-15-31(25)36-33(27)21-23)30-14-8-13-28-24(30)19-20-29-26-12-5-7-16-32(26)37-34(28)29/h1-21H. The molecule has 0 atom stereocenters. The average molecular weight is 476 g/mol. The summed E-state index contributed by atoms with van der Waals surface area (Å²) in [6.45, 7) is 0. The molecule has 0 unspecified atom stereocenters. The van der Waals surface area contributed by atoms with Gasteiger partial charge >= 0.3 is 0 Å². The Hall–Kier alpha value is -5.02. The van der Waals surface area contributed by atoms with Crippen LogP contribution in [0.1, 0.15) is 0 Å². The van der Waals surface area contributed by atoms with Crippen LogP contribution in [0, 0.1) is 0 Å². The highest BCUT2D eigenvalue weighted by atomic mass is 16.3. The van der Waals surface area contributed by atoms with Gasteiger partial charge in [-0.15, -0.1) is 0 Å². The van der Waals surface area contributed by atoms with Crippen molar-refractivity contribution in [2.75, 3.05) is 4.90 Å². The largest absolute Gasteiger partial charge is 0.456 e. The lowest BCUT2D eigenvalue weighted by Crippen LogP contribution is -2.10. The summed E-state index contributed by atoms with van der Waals surface area (Å²) in [5, 5.41) is 6.75. The van der Waals surface area contributed by atoms with Gasteiger partial charge in [0.15, 0.2) is 0 Å². The Balaban J connectivity index is 1.40. The third kappa shape index (κ3) is 3.01. The zero-order chi connectivity index (χ0) is 24.3. The minimum Gasteiger partial charge on any atom is -0.456 e. The lowest BCUT2D eigenvalue weighted by molar-refractivity contribution is 0.669. The normalized spacial score (nSPS) is 11.8. The van der Waals surface area contributed by atoms with Gasteiger partial charge in [0.25, 0.3) is 0 Å². The van der Waals surface area contributed by atoms with E-state index in [2.05, 4.69) is 102 Å². The van der Waals surface area contributed by atoms with Crippen molar-refractivity contribution in [2.24, 2.45) is 0 Å². The van der Waals surface area contributed by atoms with Crippen LogP contribution < -0.4 is 4.90 Å². The van der Waals surface area contributed by atoms with Crippen molar-refractivity contribution in [1.29, 1.82) is 0 Å². The summed E-state index contributed by atoms with van der Waals surface area (Å²) >= 11 is 0. The van der Waals surface area contributed by atoms with Gasteiger partial charge in [0, 0.05) is 49.8 Å². The van der Waals surface area contributed by atoms with Crippen LogP contribution >= 0.6 is 0 Å². The topological polar surface area (TPSA) is 29.5 Å². The number of furan rings is 2.